The maximum atomic E-state index is 2.59. The fraction of sp³-hybridized carbons (Fsp3) is 0.194. The lowest BCUT2D eigenvalue weighted by Crippen LogP contribution is -2.55. The van der Waals surface area contributed by atoms with E-state index in [2.05, 4.69) is 217 Å². The van der Waals surface area contributed by atoms with E-state index < -0.39 is 5.41 Å². The summed E-state index contributed by atoms with van der Waals surface area (Å²) < 4.78 is 0. The Balaban J connectivity index is 0.958. The van der Waals surface area contributed by atoms with Crippen molar-refractivity contribution in [1.82, 2.24) is 0 Å². The van der Waals surface area contributed by atoms with Crippen molar-refractivity contribution in [3.8, 4) is 44.5 Å². The molecule has 4 bridgehead atoms. The zero-order chi connectivity index (χ0) is 44.6. The van der Waals surface area contributed by atoms with E-state index in [-0.39, 0.29) is 5.41 Å². The van der Waals surface area contributed by atoms with Crippen molar-refractivity contribution < 1.29 is 0 Å². The second-order valence-electron chi connectivity index (χ2n) is 21.1. The van der Waals surface area contributed by atoms with Gasteiger partial charge in [0.25, 0.3) is 0 Å². The first kappa shape index (κ1) is 38.8. The van der Waals surface area contributed by atoms with Crippen LogP contribution in [0, 0.1) is 23.7 Å². The Morgan fingerprint density at radius 1 is 0.324 bits per heavy atom. The van der Waals surface area contributed by atoms with Crippen LogP contribution in [-0.2, 0) is 23.7 Å². The van der Waals surface area contributed by atoms with Gasteiger partial charge < -0.3 is 4.90 Å². The highest BCUT2D eigenvalue weighted by Gasteiger charge is 2.61. The third kappa shape index (κ3) is 5.28. The first-order valence-electron chi connectivity index (χ1n) is 25.4. The standard InChI is InChI=1S/C67H53N/c1-2-14-45(15-3-1)46-26-28-47(29-27-46)54-18-8-13-25-65(54)68(52-32-34-63-57(41-52)55-19-6-11-23-61(55)66(63)50-37-43-36-44(39-50)40-51(66)38-43)53-33-35-64-58(42-53)56-20-7-12-24-62(56)67(64)59-21-9-4-16-48(59)30-31-49-17-5-10-22-60(49)67/h1-29,32-35,41-44,50-51H,30-31,36-40H2. The quantitative estimate of drug-likeness (QED) is 0.167. The van der Waals surface area contributed by atoms with Gasteiger partial charge in [-0.05, 0) is 182 Å². The highest BCUT2D eigenvalue weighted by atomic mass is 15.1. The molecule has 7 aliphatic carbocycles. The van der Waals surface area contributed by atoms with Gasteiger partial charge in [0.1, 0.15) is 0 Å². The Morgan fingerprint density at radius 2 is 0.765 bits per heavy atom. The molecule has 1 nitrogen and oxygen atoms in total. The number of para-hydroxylation sites is 1. The van der Waals surface area contributed by atoms with Crippen molar-refractivity contribution in [2.24, 2.45) is 23.7 Å². The third-order valence-electron chi connectivity index (χ3n) is 18.0. The van der Waals surface area contributed by atoms with Crippen molar-refractivity contribution in [1.29, 1.82) is 0 Å². The van der Waals surface area contributed by atoms with E-state index in [1.807, 2.05) is 0 Å². The molecule has 0 atom stereocenters. The van der Waals surface area contributed by atoms with Gasteiger partial charge >= 0.3 is 0 Å². The van der Waals surface area contributed by atoms with Crippen LogP contribution < -0.4 is 4.90 Å². The fourth-order valence-corrected chi connectivity index (χ4v) is 15.7. The molecule has 7 aliphatic rings. The topological polar surface area (TPSA) is 3.24 Å². The molecule has 4 fully saturated rings. The molecule has 2 spiro atoms. The summed E-state index contributed by atoms with van der Waals surface area (Å²) in [7, 11) is 0. The van der Waals surface area contributed by atoms with Crippen molar-refractivity contribution in [3.63, 3.8) is 0 Å². The minimum absolute atomic E-state index is 0.123. The molecule has 4 saturated carbocycles. The third-order valence-corrected chi connectivity index (χ3v) is 18.0. The van der Waals surface area contributed by atoms with Crippen LogP contribution >= 0.6 is 0 Å². The number of benzene rings is 9. The molecule has 0 aromatic heterocycles. The first-order valence-corrected chi connectivity index (χ1v) is 25.4. The number of aryl methyl sites for hydroxylation is 2. The molecular weight excluding hydrogens is 819 g/mol. The number of nitrogens with zero attached hydrogens (tertiary/aromatic N) is 1. The van der Waals surface area contributed by atoms with Gasteiger partial charge in [-0.2, -0.15) is 0 Å². The summed E-state index contributed by atoms with van der Waals surface area (Å²) in [6.07, 6.45) is 9.08. The Kier molecular flexibility index (Phi) is 8.36. The van der Waals surface area contributed by atoms with Gasteiger partial charge in [-0.3, -0.25) is 0 Å². The van der Waals surface area contributed by atoms with Crippen LogP contribution in [0.3, 0.4) is 0 Å². The van der Waals surface area contributed by atoms with Crippen molar-refractivity contribution in [3.05, 3.63) is 257 Å². The van der Waals surface area contributed by atoms with Gasteiger partial charge in [-0.25, -0.2) is 0 Å². The van der Waals surface area contributed by atoms with Crippen molar-refractivity contribution in [2.75, 3.05) is 4.90 Å². The summed E-state index contributed by atoms with van der Waals surface area (Å²) in [5, 5.41) is 0. The molecule has 9 aromatic rings. The first-order chi connectivity index (χ1) is 33.7. The average Bonchev–Trinajstić information content (AvgIpc) is 3.79. The predicted molar refractivity (Wildman–Crippen MR) is 280 cm³/mol. The maximum Gasteiger partial charge on any atom is 0.0718 e. The monoisotopic (exact) mass is 871 g/mol. The van der Waals surface area contributed by atoms with Gasteiger partial charge in [-0.15, -0.1) is 0 Å². The summed E-state index contributed by atoms with van der Waals surface area (Å²) in [5.74, 6) is 3.28. The lowest BCUT2D eigenvalue weighted by atomic mass is 9.43. The molecule has 16 rings (SSSR count). The second kappa shape index (κ2) is 14.6. The van der Waals surface area contributed by atoms with Crippen molar-refractivity contribution >= 4 is 17.1 Å². The minimum Gasteiger partial charge on any atom is -0.310 e. The zero-order valence-corrected chi connectivity index (χ0v) is 38.4. The molecule has 0 saturated heterocycles. The Morgan fingerprint density at radius 3 is 1.41 bits per heavy atom. The van der Waals surface area contributed by atoms with Crippen LogP contribution in [0.5, 0.6) is 0 Å². The smallest absolute Gasteiger partial charge is 0.0718 e. The highest BCUT2D eigenvalue weighted by Crippen LogP contribution is 2.70. The average molecular weight is 872 g/mol. The molecule has 0 unspecified atom stereocenters. The van der Waals surface area contributed by atoms with E-state index in [4.69, 9.17) is 0 Å². The van der Waals surface area contributed by atoms with Crippen LogP contribution in [0.25, 0.3) is 44.5 Å². The minimum atomic E-state index is -0.415. The molecule has 326 valence electrons. The molecule has 0 amide bonds. The Labute approximate surface area is 400 Å². The zero-order valence-electron chi connectivity index (χ0n) is 38.4. The maximum absolute atomic E-state index is 2.59. The molecule has 9 aromatic carbocycles. The van der Waals surface area contributed by atoms with Crippen LogP contribution in [0.1, 0.15) is 76.6 Å². The second-order valence-corrected chi connectivity index (χ2v) is 21.1. The molecule has 0 radical (unpaired) electrons. The summed E-state index contributed by atoms with van der Waals surface area (Å²) in [5.41, 5.74) is 25.4. The van der Waals surface area contributed by atoms with Crippen LogP contribution in [0.2, 0.25) is 0 Å². The molecule has 0 aliphatic heterocycles. The number of rotatable bonds is 5. The molecular formula is C67H53N. The Bertz CT molecular complexity index is 3410. The molecule has 0 heterocycles. The van der Waals surface area contributed by atoms with E-state index >= 15 is 0 Å². The summed E-state index contributed by atoms with van der Waals surface area (Å²) in [6, 6.07) is 81.7. The van der Waals surface area contributed by atoms with Gasteiger partial charge in [0.2, 0.25) is 0 Å². The molecule has 68 heavy (non-hydrogen) atoms. The van der Waals surface area contributed by atoms with E-state index in [0.717, 1.165) is 36.5 Å². The van der Waals surface area contributed by atoms with E-state index in [1.165, 1.54) is 127 Å². The normalized spacial score (nSPS) is 22.5. The van der Waals surface area contributed by atoms with Crippen LogP contribution in [0.4, 0.5) is 17.1 Å². The molecule has 1 heteroatoms. The van der Waals surface area contributed by atoms with Crippen LogP contribution in [0.15, 0.2) is 212 Å². The Hall–Kier alpha value is -7.22. The van der Waals surface area contributed by atoms with Crippen molar-refractivity contribution in [2.45, 2.75) is 55.8 Å². The van der Waals surface area contributed by atoms with Gasteiger partial charge in [0.05, 0.1) is 11.1 Å². The largest absolute Gasteiger partial charge is 0.310 e. The van der Waals surface area contributed by atoms with Gasteiger partial charge in [-0.1, -0.05) is 182 Å². The lowest BCUT2D eigenvalue weighted by Gasteiger charge is -2.61. The van der Waals surface area contributed by atoms with Crippen LogP contribution in [-0.4, -0.2) is 0 Å². The number of hydrogen-bond acceptors (Lipinski definition) is 1. The lowest BCUT2D eigenvalue weighted by molar-refractivity contribution is -0.0399. The fourth-order valence-electron chi connectivity index (χ4n) is 15.7. The van der Waals surface area contributed by atoms with E-state index in [1.54, 1.807) is 11.1 Å². The summed E-state index contributed by atoms with van der Waals surface area (Å²) >= 11 is 0. The molecule has 0 N–H and O–H groups in total. The summed E-state index contributed by atoms with van der Waals surface area (Å²) in [4.78, 5) is 2.59. The van der Waals surface area contributed by atoms with Gasteiger partial charge in [0, 0.05) is 22.4 Å². The number of hydrogen-bond donors (Lipinski definition) is 0. The highest BCUT2D eigenvalue weighted by molar-refractivity contribution is 5.95. The van der Waals surface area contributed by atoms with Gasteiger partial charge in [0.15, 0.2) is 0 Å². The predicted octanol–water partition coefficient (Wildman–Crippen LogP) is 16.7. The SMILES string of the molecule is c1ccc(-c2ccc(-c3ccccc3N(c3ccc4c(c3)-c3ccccc3C43c4ccccc4CCc4ccccc43)c3ccc4c(c3)-c3ccccc3C43C4CC5CC(C4)CC3C5)cc2)cc1. The number of anilines is 3. The van der Waals surface area contributed by atoms with E-state index in [9.17, 15) is 0 Å². The van der Waals surface area contributed by atoms with E-state index in [0.29, 0.717) is 0 Å². The number of fused-ring (bicyclic) bond motifs is 12. The summed E-state index contributed by atoms with van der Waals surface area (Å²) in [6.45, 7) is 0.